The summed E-state index contributed by atoms with van der Waals surface area (Å²) in [6.45, 7) is 2.13. The lowest BCUT2D eigenvalue weighted by Gasteiger charge is -2.29. The fourth-order valence-electron chi connectivity index (χ4n) is 8.24. The zero-order valence-corrected chi connectivity index (χ0v) is 30.5. The second-order valence-electron chi connectivity index (χ2n) is 14.6. The van der Waals surface area contributed by atoms with Gasteiger partial charge in [0.25, 0.3) is 5.91 Å². The van der Waals surface area contributed by atoms with Crippen LogP contribution in [0.2, 0.25) is 0 Å². The summed E-state index contributed by atoms with van der Waals surface area (Å²) in [5.41, 5.74) is 4.14. The number of hydrogen-bond donors (Lipinski definition) is 4. The van der Waals surface area contributed by atoms with Crippen molar-refractivity contribution >= 4 is 46.4 Å². The molecule has 0 spiro atoms. The third-order valence-electron chi connectivity index (χ3n) is 10.9. The number of rotatable bonds is 12. The van der Waals surface area contributed by atoms with Crippen LogP contribution in [-0.4, -0.2) is 77.9 Å². The van der Waals surface area contributed by atoms with Crippen molar-refractivity contribution in [3.8, 4) is 11.3 Å². The van der Waals surface area contributed by atoms with E-state index < -0.39 is 11.5 Å². The Morgan fingerprint density at radius 3 is 2.35 bits per heavy atom. The summed E-state index contributed by atoms with van der Waals surface area (Å²) < 4.78 is 13.1. The third-order valence-corrected chi connectivity index (χ3v) is 10.9. The van der Waals surface area contributed by atoms with Gasteiger partial charge in [-0.2, -0.15) is 0 Å². The first-order chi connectivity index (χ1) is 26.3. The van der Waals surface area contributed by atoms with Gasteiger partial charge in [0.05, 0.1) is 43.7 Å². The summed E-state index contributed by atoms with van der Waals surface area (Å²) in [5, 5.41) is 19.3. The van der Waals surface area contributed by atoms with Gasteiger partial charge in [-0.05, 0) is 78.6 Å². The molecular weight excluding hydrogens is 684 g/mol. The molecule has 2 heterocycles. The molecule has 1 atom stereocenters. The van der Waals surface area contributed by atoms with Crippen LogP contribution in [0.3, 0.4) is 0 Å². The maximum atomic E-state index is 14.4. The summed E-state index contributed by atoms with van der Waals surface area (Å²) >= 11 is 0. The Morgan fingerprint density at radius 2 is 1.65 bits per heavy atom. The Morgan fingerprint density at radius 1 is 0.889 bits per heavy atom. The van der Waals surface area contributed by atoms with Gasteiger partial charge >= 0.3 is 5.97 Å². The molecule has 11 heteroatoms. The molecule has 3 aromatic carbocycles. The molecule has 282 valence electrons. The van der Waals surface area contributed by atoms with E-state index in [4.69, 9.17) is 14.6 Å². The summed E-state index contributed by atoms with van der Waals surface area (Å²) in [6.07, 6.45) is 10.5. The average Bonchev–Trinajstić information content (AvgIpc) is 3.82. The highest BCUT2D eigenvalue weighted by molar-refractivity contribution is 6.08. The SMILES string of the molecule is O=C(O)/C=C/c1ccc(NC(=O)C2(NC(=O)c3ccc4c(C5CCCCC5)c(-c5ccccc5)n(C(=O)CNCC5COCCO5)c4c3)CCCC2)cc1. The minimum absolute atomic E-state index is 0.0735. The molecule has 2 saturated carbocycles. The van der Waals surface area contributed by atoms with Crippen molar-refractivity contribution in [1.29, 1.82) is 0 Å². The number of benzene rings is 3. The van der Waals surface area contributed by atoms with Crippen LogP contribution in [0.1, 0.15) is 90.0 Å². The van der Waals surface area contributed by atoms with E-state index in [1.165, 1.54) is 12.5 Å². The number of nitrogens with zero attached hydrogens (tertiary/aromatic N) is 1. The molecule has 1 saturated heterocycles. The number of amides is 2. The highest BCUT2D eigenvalue weighted by atomic mass is 16.6. The van der Waals surface area contributed by atoms with E-state index in [-0.39, 0.29) is 36.3 Å². The maximum Gasteiger partial charge on any atom is 0.328 e. The van der Waals surface area contributed by atoms with Crippen LogP contribution in [0.4, 0.5) is 5.69 Å². The minimum atomic E-state index is -1.11. The number of aliphatic carboxylic acids is 1. The molecule has 3 fully saturated rings. The number of hydrogen-bond acceptors (Lipinski definition) is 7. The molecule has 11 nitrogen and oxygen atoms in total. The number of carbonyl (C=O) groups excluding carboxylic acids is 3. The fraction of sp³-hybridized carbons (Fsp3) is 0.395. The molecular formula is C43H48N4O7. The van der Waals surface area contributed by atoms with Crippen molar-refractivity contribution in [3.05, 3.63) is 95.6 Å². The zero-order valence-electron chi connectivity index (χ0n) is 30.5. The standard InChI is InChI=1S/C43H48N4O7/c48-37(27-44-26-34-28-53-23-24-54-34)47-36-25-32(16-19-35(36)39(30-9-3-1-4-10-30)40(47)31-11-5-2-6-12-31)41(51)46-43(21-7-8-22-43)42(52)45-33-17-13-29(14-18-33)15-20-38(49)50/h2,5-6,11-20,25,30,34,44H,1,3-4,7-10,21-24,26-28H2,(H,45,52)(H,46,51)(H,49,50)/b20-15+. The Bertz CT molecular complexity index is 2000. The molecule has 0 bridgehead atoms. The smallest absolute Gasteiger partial charge is 0.328 e. The van der Waals surface area contributed by atoms with E-state index in [2.05, 4.69) is 16.0 Å². The third kappa shape index (κ3) is 8.33. The van der Waals surface area contributed by atoms with E-state index in [0.29, 0.717) is 61.5 Å². The van der Waals surface area contributed by atoms with Crippen molar-refractivity contribution in [2.75, 3.05) is 38.2 Å². The van der Waals surface area contributed by atoms with Gasteiger partial charge in [0.1, 0.15) is 5.54 Å². The average molecular weight is 733 g/mol. The molecule has 2 amide bonds. The summed E-state index contributed by atoms with van der Waals surface area (Å²) in [4.78, 5) is 53.3. The Hall–Kier alpha value is -5.10. The monoisotopic (exact) mass is 732 g/mol. The van der Waals surface area contributed by atoms with Gasteiger partial charge in [-0.15, -0.1) is 0 Å². The van der Waals surface area contributed by atoms with E-state index in [0.717, 1.165) is 66.8 Å². The van der Waals surface area contributed by atoms with E-state index in [1.54, 1.807) is 28.8 Å². The Labute approximate surface area is 315 Å². The second-order valence-corrected chi connectivity index (χ2v) is 14.6. The summed E-state index contributed by atoms with van der Waals surface area (Å²) in [5.74, 6) is -1.58. The van der Waals surface area contributed by atoms with Gasteiger partial charge in [-0.3, -0.25) is 19.0 Å². The number of ether oxygens (including phenoxy) is 2. The number of carboxylic acid groups (broad SMARTS) is 1. The Balaban J connectivity index is 1.20. The second kappa shape index (κ2) is 16.9. The van der Waals surface area contributed by atoms with Crippen LogP contribution in [0.25, 0.3) is 28.2 Å². The van der Waals surface area contributed by atoms with Gasteiger partial charge in [-0.1, -0.05) is 80.6 Å². The highest BCUT2D eigenvalue weighted by Gasteiger charge is 2.43. The van der Waals surface area contributed by atoms with Gasteiger partial charge in [0, 0.05) is 29.3 Å². The zero-order chi connectivity index (χ0) is 37.5. The molecule has 1 aliphatic heterocycles. The lowest BCUT2D eigenvalue weighted by molar-refractivity contribution is -0.131. The maximum absolute atomic E-state index is 14.4. The van der Waals surface area contributed by atoms with Crippen LogP contribution in [0.5, 0.6) is 0 Å². The molecule has 1 unspecified atom stereocenters. The number of carbonyl (C=O) groups is 4. The molecule has 0 radical (unpaired) electrons. The van der Waals surface area contributed by atoms with Gasteiger partial charge in [-0.25, -0.2) is 4.79 Å². The number of anilines is 1. The molecule has 4 aromatic rings. The topological polar surface area (TPSA) is 148 Å². The molecule has 7 rings (SSSR count). The Kier molecular flexibility index (Phi) is 11.7. The number of carboxylic acids is 1. The van der Waals surface area contributed by atoms with Crippen molar-refractivity contribution in [2.45, 2.75) is 75.3 Å². The van der Waals surface area contributed by atoms with Gasteiger partial charge in [0.15, 0.2) is 0 Å². The van der Waals surface area contributed by atoms with Crippen LogP contribution in [0.15, 0.2) is 78.9 Å². The van der Waals surface area contributed by atoms with Gasteiger partial charge in [0.2, 0.25) is 11.8 Å². The molecule has 2 aliphatic carbocycles. The normalized spacial score (nSPS) is 18.9. The molecule has 4 N–H and O–H groups in total. The number of aromatic nitrogens is 1. The number of nitrogens with one attached hydrogen (secondary N) is 3. The lowest BCUT2D eigenvalue weighted by Crippen LogP contribution is -2.55. The predicted octanol–water partition coefficient (Wildman–Crippen LogP) is 6.78. The number of fused-ring (bicyclic) bond motifs is 1. The van der Waals surface area contributed by atoms with Crippen LogP contribution in [0, 0.1) is 0 Å². The van der Waals surface area contributed by atoms with Crippen molar-refractivity contribution in [3.63, 3.8) is 0 Å². The van der Waals surface area contributed by atoms with Crippen molar-refractivity contribution in [1.82, 2.24) is 15.2 Å². The summed E-state index contributed by atoms with van der Waals surface area (Å²) in [6, 6.07) is 22.5. The molecule has 1 aromatic heterocycles. The first-order valence-corrected chi connectivity index (χ1v) is 19.1. The molecule has 54 heavy (non-hydrogen) atoms. The van der Waals surface area contributed by atoms with Crippen LogP contribution < -0.4 is 16.0 Å². The first kappa shape index (κ1) is 37.2. The largest absolute Gasteiger partial charge is 0.478 e. The fourth-order valence-corrected chi connectivity index (χ4v) is 8.24. The molecule has 3 aliphatic rings. The van der Waals surface area contributed by atoms with Crippen LogP contribution >= 0.6 is 0 Å². The first-order valence-electron chi connectivity index (χ1n) is 19.1. The van der Waals surface area contributed by atoms with E-state index >= 15 is 0 Å². The van der Waals surface area contributed by atoms with Gasteiger partial charge < -0.3 is 30.5 Å². The predicted molar refractivity (Wildman–Crippen MR) is 208 cm³/mol. The minimum Gasteiger partial charge on any atom is -0.478 e. The highest BCUT2D eigenvalue weighted by Crippen LogP contribution is 2.44. The van der Waals surface area contributed by atoms with Crippen molar-refractivity contribution in [2.24, 2.45) is 0 Å². The lowest BCUT2D eigenvalue weighted by atomic mass is 9.81. The van der Waals surface area contributed by atoms with Crippen molar-refractivity contribution < 1.29 is 33.8 Å². The van der Waals surface area contributed by atoms with E-state index in [1.807, 2.05) is 48.5 Å². The quantitative estimate of drug-likeness (QED) is 0.117. The van der Waals surface area contributed by atoms with Crippen LogP contribution in [-0.2, 0) is 19.1 Å². The van der Waals surface area contributed by atoms with E-state index in [9.17, 15) is 19.2 Å². The summed E-state index contributed by atoms with van der Waals surface area (Å²) in [7, 11) is 0.